The molecule has 4 aromatic heterocycles. The molecule has 0 bridgehead atoms. The first kappa shape index (κ1) is 15.4. The molecule has 0 saturated heterocycles. The van der Waals surface area contributed by atoms with Crippen LogP contribution in [0.5, 0.6) is 0 Å². The Kier molecular flexibility index (Phi) is 4.50. The maximum Gasteiger partial charge on any atom is 0.228 e. The Hall–Kier alpha value is -2.50. The third-order valence-corrected chi connectivity index (χ3v) is 3.72. The predicted molar refractivity (Wildman–Crippen MR) is 90.3 cm³/mol. The van der Waals surface area contributed by atoms with E-state index in [1.165, 1.54) is 12.4 Å². The van der Waals surface area contributed by atoms with Crippen LogP contribution in [0.2, 0.25) is 10.3 Å². The van der Waals surface area contributed by atoms with Gasteiger partial charge in [0, 0.05) is 36.1 Å². The molecule has 4 rings (SSSR count). The molecule has 4 aromatic rings. The molecular formula is C16H10Cl2N4O. The highest BCUT2D eigenvalue weighted by atomic mass is 35.5. The SMILES string of the molecule is Clc1nccc2ncccc12.[O-][n+]1cccc2c(Cl)nccc21. The molecule has 7 heteroatoms. The van der Waals surface area contributed by atoms with Crippen LogP contribution in [0.1, 0.15) is 0 Å². The summed E-state index contributed by atoms with van der Waals surface area (Å²) >= 11 is 11.6. The molecule has 0 aromatic carbocycles. The molecule has 0 saturated carbocycles. The van der Waals surface area contributed by atoms with Crippen LogP contribution in [0.25, 0.3) is 21.8 Å². The van der Waals surface area contributed by atoms with E-state index in [9.17, 15) is 5.21 Å². The molecule has 0 N–H and O–H groups in total. The van der Waals surface area contributed by atoms with Gasteiger partial charge in [-0.1, -0.05) is 23.2 Å². The highest BCUT2D eigenvalue weighted by Gasteiger charge is 2.05. The number of nitrogens with zero attached hydrogens (tertiary/aromatic N) is 4. The molecule has 0 aliphatic rings. The van der Waals surface area contributed by atoms with E-state index >= 15 is 0 Å². The zero-order valence-electron chi connectivity index (χ0n) is 11.7. The highest BCUT2D eigenvalue weighted by molar-refractivity contribution is 6.34. The van der Waals surface area contributed by atoms with Crippen molar-refractivity contribution >= 4 is 45.0 Å². The Morgan fingerprint density at radius 3 is 2.22 bits per heavy atom. The van der Waals surface area contributed by atoms with Crippen LogP contribution in [0.15, 0.2) is 61.2 Å². The van der Waals surface area contributed by atoms with Gasteiger partial charge in [0.15, 0.2) is 6.20 Å². The number of halogens is 2. The van der Waals surface area contributed by atoms with E-state index in [1.54, 1.807) is 30.6 Å². The van der Waals surface area contributed by atoms with Crippen molar-refractivity contribution in [2.45, 2.75) is 0 Å². The van der Waals surface area contributed by atoms with Crippen LogP contribution >= 0.6 is 23.2 Å². The average Bonchev–Trinajstić information content (AvgIpc) is 2.57. The van der Waals surface area contributed by atoms with Crippen molar-refractivity contribution in [3.8, 4) is 0 Å². The molecule has 4 heterocycles. The van der Waals surface area contributed by atoms with Crippen LogP contribution in [-0.4, -0.2) is 15.0 Å². The maximum atomic E-state index is 11.2. The molecule has 5 nitrogen and oxygen atoms in total. The molecule has 0 spiro atoms. The summed E-state index contributed by atoms with van der Waals surface area (Å²) in [6.07, 6.45) is 6.33. The zero-order valence-corrected chi connectivity index (χ0v) is 13.2. The second-order valence-corrected chi connectivity index (χ2v) is 5.26. The van der Waals surface area contributed by atoms with E-state index in [0.29, 0.717) is 21.2 Å². The van der Waals surface area contributed by atoms with Crippen molar-refractivity contribution in [1.82, 2.24) is 15.0 Å². The first-order valence-corrected chi connectivity index (χ1v) is 7.40. The summed E-state index contributed by atoms with van der Waals surface area (Å²) in [5, 5.41) is 13.6. The fraction of sp³-hybridized carbons (Fsp3) is 0. The third kappa shape index (κ3) is 3.31. The molecule has 0 unspecified atom stereocenters. The van der Waals surface area contributed by atoms with Gasteiger partial charge in [-0.15, -0.1) is 0 Å². The second-order valence-electron chi connectivity index (χ2n) is 4.54. The molecule has 114 valence electrons. The van der Waals surface area contributed by atoms with E-state index in [-0.39, 0.29) is 0 Å². The molecule has 0 amide bonds. The van der Waals surface area contributed by atoms with Crippen molar-refractivity contribution in [1.29, 1.82) is 0 Å². The Balaban J connectivity index is 0.000000136. The maximum absolute atomic E-state index is 11.2. The summed E-state index contributed by atoms with van der Waals surface area (Å²) in [5.74, 6) is 0. The molecular weight excluding hydrogens is 335 g/mol. The van der Waals surface area contributed by atoms with E-state index in [2.05, 4.69) is 15.0 Å². The van der Waals surface area contributed by atoms with Crippen LogP contribution < -0.4 is 4.73 Å². The number of rotatable bonds is 0. The van der Waals surface area contributed by atoms with Gasteiger partial charge in [0.1, 0.15) is 10.3 Å². The van der Waals surface area contributed by atoms with Crippen LogP contribution in [0.4, 0.5) is 0 Å². The van der Waals surface area contributed by atoms with Crippen molar-refractivity contribution in [2.75, 3.05) is 0 Å². The van der Waals surface area contributed by atoms with Gasteiger partial charge in [0.25, 0.3) is 0 Å². The number of pyridine rings is 4. The van der Waals surface area contributed by atoms with Crippen LogP contribution in [0, 0.1) is 5.21 Å². The van der Waals surface area contributed by atoms with Crippen molar-refractivity contribution in [3.05, 3.63) is 76.7 Å². The molecule has 0 atom stereocenters. The third-order valence-electron chi connectivity index (χ3n) is 3.12. The smallest absolute Gasteiger partial charge is 0.228 e. The van der Waals surface area contributed by atoms with Gasteiger partial charge >= 0.3 is 0 Å². The summed E-state index contributed by atoms with van der Waals surface area (Å²) in [6.45, 7) is 0. The van der Waals surface area contributed by atoms with Gasteiger partial charge in [0.05, 0.1) is 10.9 Å². The van der Waals surface area contributed by atoms with E-state index < -0.39 is 0 Å². The minimum absolute atomic E-state index is 0.359. The molecule has 23 heavy (non-hydrogen) atoms. The lowest BCUT2D eigenvalue weighted by Gasteiger charge is -2.00. The van der Waals surface area contributed by atoms with Gasteiger partial charge in [0.2, 0.25) is 5.52 Å². The molecule has 0 aliphatic heterocycles. The second kappa shape index (κ2) is 6.73. The monoisotopic (exact) mass is 344 g/mol. The van der Waals surface area contributed by atoms with Crippen molar-refractivity contribution in [3.63, 3.8) is 0 Å². The lowest BCUT2D eigenvalue weighted by atomic mass is 10.3. The predicted octanol–water partition coefficient (Wildman–Crippen LogP) is 3.80. The highest BCUT2D eigenvalue weighted by Crippen LogP contribution is 2.18. The molecule has 0 radical (unpaired) electrons. The fourth-order valence-corrected chi connectivity index (χ4v) is 2.48. The van der Waals surface area contributed by atoms with Gasteiger partial charge in [-0.05, 0) is 24.3 Å². The standard InChI is InChI=1S/C8H5ClN2O.C8H5ClN2/c9-8-6-2-1-5-11(12)7(6)3-4-10-8;9-8-6-2-1-4-10-7(6)3-5-11-8/h1-5H;1-5H. The number of aromatic nitrogens is 4. The summed E-state index contributed by atoms with van der Waals surface area (Å²) < 4.78 is 0.767. The minimum atomic E-state index is 0.359. The quantitative estimate of drug-likeness (QED) is 0.276. The van der Waals surface area contributed by atoms with Gasteiger partial charge in [-0.25, -0.2) is 9.97 Å². The lowest BCUT2D eigenvalue weighted by Crippen LogP contribution is -2.25. The van der Waals surface area contributed by atoms with E-state index in [0.717, 1.165) is 15.6 Å². The summed E-state index contributed by atoms with van der Waals surface area (Å²) in [7, 11) is 0. The first-order valence-electron chi connectivity index (χ1n) is 6.64. The minimum Gasteiger partial charge on any atom is -0.618 e. The number of fused-ring (bicyclic) bond motifs is 2. The molecule has 0 fully saturated rings. The Morgan fingerprint density at radius 2 is 1.48 bits per heavy atom. The Morgan fingerprint density at radius 1 is 0.783 bits per heavy atom. The van der Waals surface area contributed by atoms with Gasteiger partial charge in [-0.3, -0.25) is 4.98 Å². The number of hydrogen-bond acceptors (Lipinski definition) is 4. The lowest BCUT2D eigenvalue weighted by molar-refractivity contribution is -0.577. The van der Waals surface area contributed by atoms with Crippen LogP contribution in [-0.2, 0) is 0 Å². The molecule has 0 aliphatic carbocycles. The Bertz CT molecular complexity index is 932. The Labute approximate surface area is 141 Å². The van der Waals surface area contributed by atoms with Crippen molar-refractivity contribution in [2.24, 2.45) is 0 Å². The average molecular weight is 345 g/mol. The topological polar surface area (TPSA) is 65.6 Å². The van der Waals surface area contributed by atoms with Crippen LogP contribution in [0.3, 0.4) is 0 Å². The van der Waals surface area contributed by atoms with E-state index in [4.69, 9.17) is 23.2 Å². The van der Waals surface area contributed by atoms with Gasteiger partial charge in [-0.2, -0.15) is 4.73 Å². The summed E-state index contributed by atoms with van der Waals surface area (Å²) in [5.41, 5.74) is 1.42. The number of hydrogen-bond donors (Lipinski definition) is 0. The largest absolute Gasteiger partial charge is 0.618 e. The van der Waals surface area contributed by atoms with Crippen molar-refractivity contribution < 1.29 is 4.73 Å². The zero-order chi connectivity index (χ0) is 16.2. The summed E-state index contributed by atoms with van der Waals surface area (Å²) in [6, 6.07) is 10.6. The first-order chi connectivity index (χ1) is 11.2. The van der Waals surface area contributed by atoms with Gasteiger partial charge < -0.3 is 5.21 Å². The fourth-order valence-electron chi connectivity index (χ4n) is 2.05. The van der Waals surface area contributed by atoms with E-state index in [1.807, 2.05) is 18.2 Å². The summed E-state index contributed by atoms with van der Waals surface area (Å²) in [4.78, 5) is 11.9. The normalized spacial score (nSPS) is 10.3.